The molecule has 32 heavy (non-hydrogen) atoms. The summed E-state index contributed by atoms with van der Waals surface area (Å²) in [5, 5.41) is 2.97. The Kier molecular flexibility index (Phi) is 9.57. The lowest BCUT2D eigenvalue weighted by molar-refractivity contribution is -0.143. The standard InChI is InChI=1S/C26H36N2O4/c1-7-23(26(30)27-15-18(2)3)28(16-21-9-8-10-22(14-21)31-6)25(29)17-32-24-12-11-19(4)13-20(24)5/h8-14,18,23H,7,15-17H2,1-6H3,(H,27,30). The number of nitrogens with one attached hydrogen (secondary N) is 1. The van der Waals surface area contributed by atoms with Crippen molar-refractivity contribution < 1.29 is 19.1 Å². The maximum atomic E-state index is 13.3. The number of methoxy groups -OCH3 is 1. The molecule has 0 aliphatic carbocycles. The molecule has 2 aromatic carbocycles. The zero-order valence-electron chi connectivity index (χ0n) is 20.1. The number of amides is 2. The average Bonchev–Trinajstić information content (AvgIpc) is 2.76. The Bertz CT molecular complexity index is 910. The fraction of sp³-hybridized carbons (Fsp3) is 0.462. The van der Waals surface area contributed by atoms with Crippen molar-refractivity contribution in [2.24, 2.45) is 5.92 Å². The highest BCUT2D eigenvalue weighted by atomic mass is 16.5. The van der Waals surface area contributed by atoms with E-state index in [1.54, 1.807) is 12.0 Å². The summed E-state index contributed by atoms with van der Waals surface area (Å²) in [4.78, 5) is 27.8. The predicted molar refractivity (Wildman–Crippen MR) is 127 cm³/mol. The Morgan fingerprint density at radius 1 is 1.09 bits per heavy atom. The number of aryl methyl sites for hydroxylation is 2. The van der Waals surface area contributed by atoms with Crippen LogP contribution < -0.4 is 14.8 Å². The lowest BCUT2D eigenvalue weighted by Gasteiger charge is -2.31. The average molecular weight is 441 g/mol. The van der Waals surface area contributed by atoms with Gasteiger partial charge in [-0.05, 0) is 55.5 Å². The number of hydrogen-bond acceptors (Lipinski definition) is 4. The van der Waals surface area contributed by atoms with Crippen molar-refractivity contribution in [3.63, 3.8) is 0 Å². The molecule has 0 radical (unpaired) electrons. The number of hydrogen-bond donors (Lipinski definition) is 1. The van der Waals surface area contributed by atoms with Crippen LogP contribution in [0.15, 0.2) is 42.5 Å². The lowest BCUT2D eigenvalue weighted by Crippen LogP contribution is -2.50. The van der Waals surface area contributed by atoms with Gasteiger partial charge in [0.15, 0.2) is 6.61 Å². The normalized spacial score (nSPS) is 11.7. The van der Waals surface area contributed by atoms with E-state index in [1.807, 2.05) is 77.1 Å². The van der Waals surface area contributed by atoms with E-state index in [4.69, 9.17) is 9.47 Å². The first-order chi connectivity index (χ1) is 15.2. The summed E-state index contributed by atoms with van der Waals surface area (Å²) in [7, 11) is 1.61. The van der Waals surface area contributed by atoms with Gasteiger partial charge in [0.25, 0.3) is 5.91 Å². The van der Waals surface area contributed by atoms with Crippen LogP contribution in [0.25, 0.3) is 0 Å². The van der Waals surface area contributed by atoms with Crippen LogP contribution in [0.4, 0.5) is 0 Å². The molecule has 6 heteroatoms. The zero-order valence-corrected chi connectivity index (χ0v) is 20.1. The summed E-state index contributed by atoms with van der Waals surface area (Å²) in [6.45, 7) is 10.7. The molecule has 2 aromatic rings. The minimum Gasteiger partial charge on any atom is -0.497 e. The van der Waals surface area contributed by atoms with E-state index in [-0.39, 0.29) is 18.4 Å². The summed E-state index contributed by atoms with van der Waals surface area (Å²) < 4.78 is 11.2. The van der Waals surface area contributed by atoms with E-state index < -0.39 is 6.04 Å². The molecule has 2 amide bonds. The SMILES string of the molecule is CCC(C(=O)NCC(C)C)N(Cc1cccc(OC)c1)C(=O)COc1ccc(C)cc1C. The maximum absolute atomic E-state index is 13.3. The quantitative estimate of drug-likeness (QED) is 0.567. The third kappa shape index (κ3) is 7.29. The van der Waals surface area contributed by atoms with E-state index >= 15 is 0 Å². The van der Waals surface area contributed by atoms with Gasteiger partial charge in [0.05, 0.1) is 7.11 Å². The second-order valence-corrected chi connectivity index (χ2v) is 8.49. The van der Waals surface area contributed by atoms with Crippen LogP contribution in [0.5, 0.6) is 11.5 Å². The van der Waals surface area contributed by atoms with E-state index in [0.717, 1.165) is 16.7 Å². The number of ether oxygens (including phenoxy) is 2. The Balaban J connectivity index is 2.24. The number of benzene rings is 2. The van der Waals surface area contributed by atoms with E-state index in [0.29, 0.717) is 36.9 Å². The van der Waals surface area contributed by atoms with Gasteiger partial charge in [-0.1, -0.05) is 50.6 Å². The van der Waals surface area contributed by atoms with Crippen molar-refractivity contribution in [2.75, 3.05) is 20.3 Å². The Labute approximate surface area is 191 Å². The van der Waals surface area contributed by atoms with Gasteiger partial charge in [-0.15, -0.1) is 0 Å². The van der Waals surface area contributed by atoms with Crippen molar-refractivity contribution in [3.05, 3.63) is 59.2 Å². The maximum Gasteiger partial charge on any atom is 0.261 e. The van der Waals surface area contributed by atoms with Gasteiger partial charge >= 0.3 is 0 Å². The number of carbonyl (C=O) groups excluding carboxylic acids is 2. The summed E-state index contributed by atoms with van der Waals surface area (Å²) in [6, 6.07) is 12.8. The van der Waals surface area contributed by atoms with Gasteiger partial charge in [0.2, 0.25) is 5.91 Å². The second kappa shape index (κ2) is 12.1. The van der Waals surface area contributed by atoms with Gasteiger partial charge in [-0.2, -0.15) is 0 Å². The molecule has 1 atom stereocenters. The summed E-state index contributed by atoms with van der Waals surface area (Å²) in [6.07, 6.45) is 0.503. The van der Waals surface area contributed by atoms with Gasteiger partial charge in [0.1, 0.15) is 17.5 Å². The van der Waals surface area contributed by atoms with Gasteiger partial charge in [-0.3, -0.25) is 9.59 Å². The number of carbonyl (C=O) groups is 2. The third-order valence-corrected chi connectivity index (χ3v) is 5.24. The number of nitrogens with zero attached hydrogens (tertiary/aromatic N) is 1. The minimum atomic E-state index is -0.588. The highest BCUT2D eigenvalue weighted by Gasteiger charge is 2.29. The molecule has 0 aliphatic rings. The first-order valence-corrected chi connectivity index (χ1v) is 11.1. The molecule has 2 rings (SSSR count). The second-order valence-electron chi connectivity index (χ2n) is 8.49. The summed E-state index contributed by atoms with van der Waals surface area (Å²) >= 11 is 0. The lowest BCUT2D eigenvalue weighted by atomic mass is 10.1. The van der Waals surface area contributed by atoms with Crippen LogP contribution in [-0.2, 0) is 16.1 Å². The zero-order chi connectivity index (χ0) is 23.7. The molecule has 0 spiro atoms. The van der Waals surface area contributed by atoms with Crippen LogP contribution in [0.2, 0.25) is 0 Å². The fourth-order valence-electron chi connectivity index (χ4n) is 3.49. The Hall–Kier alpha value is -3.02. The molecule has 6 nitrogen and oxygen atoms in total. The smallest absolute Gasteiger partial charge is 0.261 e. The molecular weight excluding hydrogens is 404 g/mol. The molecule has 0 saturated carbocycles. The van der Waals surface area contributed by atoms with Crippen LogP contribution >= 0.6 is 0 Å². The molecule has 0 saturated heterocycles. The summed E-state index contributed by atoms with van der Waals surface area (Å²) in [5.74, 6) is 1.32. The topological polar surface area (TPSA) is 67.9 Å². The van der Waals surface area contributed by atoms with E-state index in [2.05, 4.69) is 5.32 Å². The molecule has 0 aliphatic heterocycles. The fourth-order valence-corrected chi connectivity index (χ4v) is 3.49. The molecule has 0 bridgehead atoms. The van der Waals surface area contributed by atoms with Crippen molar-refractivity contribution in [2.45, 2.75) is 53.6 Å². The molecular formula is C26H36N2O4. The van der Waals surface area contributed by atoms with E-state index in [9.17, 15) is 9.59 Å². The first kappa shape index (κ1) is 25.2. The van der Waals surface area contributed by atoms with Crippen molar-refractivity contribution in [1.82, 2.24) is 10.2 Å². The van der Waals surface area contributed by atoms with Gasteiger partial charge in [-0.25, -0.2) is 0 Å². The minimum absolute atomic E-state index is 0.137. The van der Waals surface area contributed by atoms with Crippen LogP contribution in [0, 0.1) is 19.8 Å². The third-order valence-electron chi connectivity index (χ3n) is 5.24. The monoisotopic (exact) mass is 440 g/mol. The van der Waals surface area contributed by atoms with E-state index in [1.165, 1.54) is 0 Å². The molecule has 1 unspecified atom stereocenters. The number of rotatable bonds is 11. The molecule has 0 fully saturated rings. The van der Waals surface area contributed by atoms with Gasteiger partial charge < -0.3 is 19.7 Å². The Morgan fingerprint density at radius 2 is 1.84 bits per heavy atom. The van der Waals surface area contributed by atoms with Crippen molar-refractivity contribution in [3.8, 4) is 11.5 Å². The van der Waals surface area contributed by atoms with Crippen LogP contribution in [0.3, 0.4) is 0 Å². The van der Waals surface area contributed by atoms with Crippen molar-refractivity contribution >= 4 is 11.8 Å². The predicted octanol–water partition coefficient (Wildman–Crippen LogP) is 4.27. The van der Waals surface area contributed by atoms with Crippen molar-refractivity contribution in [1.29, 1.82) is 0 Å². The molecule has 1 N–H and O–H groups in total. The largest absolute Gasteiger partial charge is 0.497 e. The highest BCUT2D eigenvalue weighted by molar-refractivity contribution is 5.88. The highest BCUT2D eigenvalue weighted by Crippen LogP contribution is 2.20. The van der Waals surface area contributed by atoms with Crippen LogP contribution in [-0.4, -0.2) is 43.0 Å². The molecule has 0 heterocycles. The van der Waals surface area contributed by atoms with Gasteiger partial charge in [0, 0.05) is 13.1 Å². The molecule has 174 valence electrons. The Morgan fingerprint density at radius 3 is 2.47 bits per heavy atom. The first-order valence-electron chi connectivity index (χ1n) is 11.1. The molecule has 0 aromatic heterocycles. The van der Waals surface area contributed by atoms with Crippen LogP contribution in [0.1, 0.15) is 43.9 Å². The summed E-state index contributed by atoms with van der Waals surface area (Å²) in [5.41, 5.74) is 2.99.